The van der Waals surface area contributed by atoms with E-state index in [-0.39, 0.29) is 19.1 Å². The highest BCUT2D eigenvalue weighted by molar-refractivity contribution is 5.84. The molecule has 2 aromatic rings. The van der Waals surface area contributed by atoms with Crippen LogP contribution in [0.5, 0.6) is 23.0 Å². The van der Waals surface area contributed by atoms with E-state index >= 15 is 0 Å². The quantitative estimate of drug-likeness (QED) is 0.743. The molecule has 2 aromatic carbocycles. The van der Waals surface area contributed by atoms with Gasteiger partial charge in [-0.15, -0.1) is 0 Å². The molecule has 0 unspecified atom stereocenters. The van der Waals surface area contributed by atoms with Crippen LogP contribution < -0.4 is 24.3 Å². The standard InChI is InChI=1S/C21H21NO7/c1-13(21(24)22-11-15-3-5-17-19(9-15)28-12-27-17)29-20(23)10-14-2-4-16-18(8-14)26-7-6-25-16/h2-5,8-9,13H,6-7,10-12H2,1H3,(H,22,24)/t13-/m0/s1. The first-order valence-electron chi connectivity index (χ1n) is 9.33. The Kier molecular flexibility index (Phi) is 5.41. The summed E-state index contributed by atoms with van der Waals surface area (Å²) in [7, 11) is 0. The molecule has 152 valence electrons. The molecule has 0 aromatic heterocycles. The number of hydrogen-bond donors (Lipinski definition) is 1. The van der Waals surface area contributed by atoms with Crippen molar-refractivity contribution < 1.29 is 33.3 Å². The minimum absolute atomic E-state index is 0.0381. The molecule has 8 heteroatoms. The molecule has 0 fully saturated rings. The number of carbonyl (C=O) groups is 2. The predicted octanol–water partition coefficient (Wildman–Crippen LogP) is 1.98. The predicted molar refractivity (Wildman–Crippen MR) is 101 cm³/mol. The number of fused-ring (bicyclic) bond motifs is 2. The summed E-state index contributed by atoms with van der Waals surface area (Å²) in [6, 6.07) is 10.7. The van der Waals surface area contributed by atoms with Crippen LogP contribution in [-0.4, -0.2) is 38.0 Å². The first-order chi connectivity index (χ1) is 14.1. The third-order valence-corrected chi connectivity index (χ3v) is 4.54. The number of nitrogens with one attached hydrogen (secondary N) is 1. The molecule has 4 rings (SSSR count). The van der Waals surface area contributed by atoms with E-state index in [1.165, 1.54) is 6.92 Å². The molecule has 0 saturated carbocycles. The molecule has 8 nitrogen and oxygen atoms in total. The molecule has 0 saturated heterocycles. The lowest BCUT2D eigenvalue weighted by atomic mass is 10.1. The smallest absolute Gasteiger partial charge is 0.311 e. The van der Waals surface area contributed by atoms with Gasteiger partial charge >= 0.3 is 5.97 Å². The van der Waals surface area contributed by atoms with E-state index in [9.17, 15) is 9.59 Å². The molecule has 0 bridgehead atoms. The van der Waals surface area contributed by atoms with Gasteiger partial charge in [-0.3, -0.25) is 9.59 Å². The van der Waals surface area contributed by atoms with Crippen LogP contribution in [0.3, 0.4) is 0 Å². The Morgan fingerprint density at radius 3 is 2.38 bits per heavy atom. The first-order valence-corrected chi connectivity index (χ1v) is 9.33. The summed E-state index contributed by atoms with van der Waals surface area (Å²) >= 11 is 0. The van der Waals surface area contributed by atoms with Crippen LogP contribution in [0.2, 0.25) is 0 Å². The molecule has 1 amide bonds. The van der Waals surface area contributed by atoms with Gasteiger partial charge in [0.05, 0.1) is 6.42 Å². The molecular weight excluding hydrogens is 378 g/mol. The Balaban J connectivity index is 1.26. The van der Waals surface area contributed by atoms with Crippen LogP contribution in [0.4, 0.5) is 0 Å². The van der Waals surface area contributed by atoms with Crippen molar-refractivity contribution in [2.45, 2.75) is 26.0 Å². The van der Waals surface area contributed by atoms with Gasteiger partial charge in [-0.05, 0) is 42.3 Å². The van der Waals surface area contributed by atoms with Crippen LogP contribution in [0.15, 0.2) is 36.4 Å². The zero-order valence-electron chi connectivity index (χ0n) is 15.9. The van der Waals surface area contributed by atoms with Crippen molar-refractivity contribution in [3.8, 4) is 23.0 Å². The number of benzene rings is 2. The van der Waals surface area contributed by atoms with E-state index < -0.39 is 12.1 Å². The lowest BCUT2D eigenvalue weighted by molar-refractivity contribution is -0.154. The second-order valence-electron chi connectivity index (χ2n) is 6.69. The second kappa shape index (κ2) is 8.30. The molecule has 1 atom stereocenters. The summed E-state index contributed by atoms with van der Waals surface area (Å²) < 4.78 is 26.8. The maximum absolute atomic E-state index is 12.2. The minimum Gasteiger partial charge on any atom is -0.486 e. The lowest BCUT2D eigenvalue weighted by Crippen LogP contribution is -2.35. The van der Waals surface area contributed by atoms with E-state index in [0.29, 0.717) is 42.8 Å². The average molecular weight is 399 g/mol. The van der Waals surface area contributed by atoms with Crippen LogP contribution in [0, 0.1) is 0 Å². The Morgan fingerprint density at radius 1 is 0.931 bits per heavy atom. The molecule has 2 heterocycles. The highest BCUT2D eigenvalue weighted by Crippen LogP contribution is 2.32. The Hall–Kier alpha value is -3.42. The van der Waals surface area contributed by atoms with Crippen molar-refractivity contribution in [2.24, 2.45) is 0 Å². The molecule has 29 heavy (non-hydrogen) atoms. The summed E-state index contributed by atoms with van der Waals surface area (Å²) in [6.45, 7) is 3.01. The molecule has 1 N–H and O–H groups in total. The highest BCUT2D eigenvalue weighted by atomic mass is 16.7. The van der Waals surface area contributed by atoms with Gasteiger partial charge in [-0.1, -0.05) is 12.1 Å². The van der Waals surface area contributed by atoms with Gasteiger partial charge < -0.3 is 29.0 Å². The summed E-state index contributed by atoms with van der Waals surface area (Å²) in [5.41, 5.74) is 1.59. The van der Waals surface area contributed by atoms with E-state index in [1.54, 1.807) is 30.3 Å². The molecule has 0 spiro atoms. The fourth-order valence-electron chi connectivity index (χ4n) is 3.04. The molecule has 0 aliphatic carbocycles. The number of hydrogen-bond acceptors (Lipinski definition) is 7. The molecule has 0 radical (unpaired) electrons. The van der Waals surface area contributed by atoms with Crippen molar-refractivity contribution >= 4 is 11.9 Å². The van der Waals surface area contributed by atoms with E-state index in [1.807, 2.05) is 6.07 Å². The Bertz CT molecular complexity index is 927. The van der Waals surface area contributed by atoms with Gasteiger partial charge in [0.2, 0.25) is 6.79 Å². The SMILES string of the molecule is C[C@H](OC(=O)Cc1ccc2c(c1)OCCO2)C(=O)NCc1ccc2c(c1)OCO2. The van der Waals surface area contributed by atoms with Gasteiger partial charge in [-0.2, -0.15) is 0 Å². The normalized spacial score (nSPS) is 14.8. The van der Waals surface area contributed by atoms with Gasteiger partial charge in [0.1, 0.15) is 13.2 Å². The van der Waals surface area contributed by atoms with Gasteiger partial charge in [0.25, 0.3) is 5.91 Å². The van der Waals surface area contributed by atoms with Crippen molar-refractivity contribution in [2.75, 3.05) is 20.0 Å². The number of amides is 1. The molecule has 2 aliphatic heterocycles. The fraction of sp³-hybridized carbons (Fsp3) is 0.333. The van der Waals surface area contributed by atoms with Crippen LogP contribution in [-0.2, 0) is 27.3 Å². The third-order valence-electron chi connectivity index (χ3n) is 4.54. The molecular formula is C21H21NO7. The fourth-order valence-corrected chi connectivity index (χ4v) is 3.04. The topological polar surface area (TPSA) is 92.3 Å². The summed E-state index contributed by atoms with van der Waals surface area (Å²) in [5.74, 6) is 1.73. The van der Waals surface area contributed by atoms with Gasteiger partial charge in [0, 0.05) is 6.54 Å². The van der Waals surface area contributed by atoms with Crippen molar-refractivity contribution in [3.05, 3.63) is 47.5 Å². The second-order valence-corrected chi connectivity index (χ2v) is 6.69. The maximum Gasteiger partial charge on any atom is 0.311 e. The maximum atomic E-state index is 12.2. The summed E-state index contributed by atoms with van der Waals surface area (Å²) in [5, 5.41) is 2.75. The van der Waals surface area contributed by atoms with Crippen LogP contribution in [0.1, 0.15) is 18.1 Å². The van der Waals surface area contributed by atoms with E-state index in [0.717, 1.165) is 11.1 Å². The third kappa shape index (κ3) is 4.53. The first kappa shape index (κ1) is 18.9. The monoisotopic (exact) mass is 399 g/mol. The van der Waals surface area contributed by atoms with Crippen LogP contribution >= 0.6 is 0 Å². The average Bonchev–Trinajstić information content (AvgIpc) is 3.19. The van der Waals surface area contributed by atoms with E-state index in [2.05, 4.69) is 5.32 Å². The van der Waals surface area contributed by atoms with Crippen molar-refractivity contribution in [1.82, 2.24) is 5.32 Å². The highest BCUT2D eigenvalue weighted by Gasteiger charge is 2.20. The number of rotatable bonds is 6. The Labute approximate surface area is 167 Å². The number of carbonyl (C=O) groups excluding carboxylic acids is 2. The zero-order chi connectivity index (χ0) is 20.2. The summed E-state index contributed by atoms with van der Waals surface area (Å²) in [6.07, 6.45) is -0.870. The Morgan fingerprint density at radius 2 is 1.55 bits per heavy atom. The van der Waals surface area contributed by atoms with Crippen LogP contribution in [0.25, 0.3) is 0 Å². The lowest BCUT2D eigenvalue weighted by Gasteiger charge is -2.19. The summed E-state index contributed by atoms with van der Waals surface area (Å²) in [4.78, 5) is 24.4. The van der Waals surface area contributed by atoms with Crippen molar-refractivity contribution in [3.63, 3.8) is 0 Å². The van der Waals surface area contributed by atoms with Gasteiger partial charge in [-0.25, -0.2) is 0 Å². The number of ether oxygens (including phenoxy) is 5. The van der Waals surface area contributed by atoms with Crippen molar-refractivity contribution in [1.29, 1.82) is 0 Å². The molecule has 2 aliphatic rings. The largest absolute Gasteiger partial charge is 0.486 e. The minimum atomic E-state index is -0.909. The number of esters is 1. The van der Waals surface area contributed by atoms with E-state index in [4.69, 9.17) is 23.7 Å². The zero-order valence-corrected chi connectivity index (χ0v) is 15.9. The van der Waals surface area contributed by atoms with Gasteiger partial charge in [0.15, 0.2) is 29.1 Å².